The van der Waals surface area contributed by atoms with Crippen molar-refractivity contribution in [3.05, 3.63) is 28.2 Å². The number of nitrogens with one attached hydrogen (secondary N) is 1. The molecular formula is C15H21NO3S. The predicted octanol–water partition coefficient (Wildman–Crippen LogP) is 3.95. The number of carbonyl (C=O) groups excluding carboxylic acids is 2. The lowest BCUT2D eigenvalue weighted by atomic mass is 10.1. The highest BCUT2D eigenvalue weighted by Crippen LogP contribution is 2.33. The Morgan fingerprint density at radius 2 is 2.10 bits per heavy atom. The third kappa shape index (κ3) is 3.93. The Bertz CT molecular complexity index is 529. The zero-order chi connectivity index (χ0) is 15.3. The van der Waals surface area contributed by atoms with Crippen LogP contribution in [-0.2, 0) is 9.53 Å². The van der Waals surface area contributed by atoms with Crippen molar-refractivity contribution in [1.29, 1.82) is 0 Å². The largest absolute Gasteiger partial charge is 0.462 e. The molecule has 20 heavy (non-hydrogen) atoms. The lowest BCUT2D eigenvalue weighted by Gasteiger charge is -2.05. The topological polar surface area (TPSA) is 55.4 Å². The predicted molar refractivity (Wildman–Crippen MR) is 82.4 cm³/mol. The average molecular weight is 295 g/mol. The molecular weight excluding hydrogens is 274 g/mol. The highest BCUT2D eigenvalue weighted by atomic mass is 32.1. The van der Waals surface area contributed by atoms with E-state index in [4.69, 9.17) is 4.74 Å². The summed E-state index contributed by atoms with van der Waals surface area (Å²) in [5.41, 5.74) is 1.04. The van der Waals surface area contributed by atoms with Crippen LogP contribution in [0.15, 0.2) is 17.7 Å². The number of amides is 1. The SMILES string of the molecule is C/C=C(\C)C(=O)Nc1sc(C(C)C)cc1C(=O)OCC. The minimum Gasteiger partial charge on any atom is -0.462 e. The van der Waals surface area contributed by atoms with Gasteiger partial charge in [0.15, 0.2) is 0 Å². The maximum Gasteiger partial charge on any atom is 0.341 e. The minimum atomic E-state index is -0.399. The molecule has 0 aliphatic rings. The molecule has 0 aromatic carbocycles. The molecule has 1 aromatic rings. The molecule has 0 atom stereocenters. The van der Waals surface area contributed by atoms with Gasteiger partial charge in [-0.3, -0.25) is 4.79 Å². The Labute approximate surface area is 123 Å². The Morgan fingerprint density at radius 3 is 2.60 bits per heavy atom. The first kappa shape index (κ1) is 16.4. The maximum absolute atomic E-state index is 11.9. The zero-order valence-electron chi connectivity index (χ0n) is 12.6. The van der Waals surface area contributed by atoms with Gasteiger partial charge in [-0.05, 0) is 32.8 Å². The molecule has 0 fully saturated rings. The third-order valence-corrected chi connectivity index (χ3v) is 4.18. The molecule has 1 N–H and O–H groups in total. The van der Waals surface area contributed by atoms with E-state index in [0.29, 0.717) is 28.7 Å². The van der Waals surface area contributed by atoms with Crippen molar-refractivity contribution in [3.8, 4) is 0 Å². The molecule has 0 saturated carbocycles. The quantitative estimate of drug-likeness (QED) is 0.661. The first-order valence-electron chi connectivity index (χ1n) is 6.65. The van der Waals surface area contributed by atoms with Crippen LogP contribution in [0, 0.1) is 0 Å². The molecule has 0 aliphatic carbocycles. The summed E-state index contributed by atoms with van der Waals surface area (Å²) in [5.74, 6) is -0.305. The maximum atomic E-state index is 11.9. The van der Waals surface area contributed by atoms with E-state index in [1.807, 2.05) is 13.8 Å². The van der Waals surface area contributed by atoms with Gasteiger partial charge >= 0.3 is 5.97 Å². The molecule has 1 rings (SSSR count). The third-order valence-electron chi connectivity index (χ3n) is 2.83. The van der Waals surface area contributed by atoms with Crippen molar-refractivity contribution >= 4 is 28.2 Å². The number of rotatable bonds is 5. The van der Waals surface area contributed by atoms with Gasteiger partial charge in [0.25, 0.3) is 5.91 Å². The Kier molecular flexibility index (Phi) is 5.95. The smallest absolute Gasteiger partial charge is 0.341 e. The summed E-state index contributed by atoms with van der Waals surface area (Å²) in [6.07, 6.45) is 1.73. The van der Waals surface area contributed by atoms with Crippen LogP contribution in [0.2, 0.25) is 0 Å². The Morgan fingerprint density at radius 1 is 1.45 bits per heavy atom. The zero-order valence-corrected chi connectivity index (χ0v) is 13.4. The summed E-state index contributed by atoms with van der Waals surface area (Å²) in [4.78, 5) is 24.9. The standard InChI is InChI=1S/C15H21NO3S/c1-6-10(5)13(17)16-14-11(15(18)19-7-2)8-12(20-14)9(3)4/h6,8-9H,7H2,1-5H3,(H,16,17)/b10-6+. The van der Waals surface area contributed by atoms with Crippen molar-refractivity contribution in [2.45, 2.75) is 40.5 Å². The van der Waals surface area contributed by atoms with Gasteiger partial charge in [0.05, 0.1) is 12.2 Å². The second-order valence-corrected chi connectivity index (χ2v) is 5.78. The van der Waals surface area contributed by atoms with Crippen LogP contribution >= 0.6 is 11.3 Å². The summed E-state index contributed by atoms with van der Waals surface area (Å²) in [7, 11) is 0. The molecule has 0 aliphatic heterocycles. The van der Waals surface area contributed by atoms with Gasteiger partial charge in [-0.25, -0.2) is 4.79 Å². The average Bonchev–Trinajstić information content (AvgIpc) is 2.82. The van der Waals surface area contributed by atoms with Crippen LogP contribution in [0.5, 0.6) is 0 Å². The molecule has 1 aromatic heterocycles. The van der Waals surface area contributed by atoms with Crippen LogP contribution in [0.1, 0.15) is 55.8 Å². The van der Waals surface area contributed by atoms with E-state index < -0.39 is 5.97 Å². The Balaban J connectivity index is 3.09. The van der Waals surface area contributed by atoms with Crippen LogP contribution in [0.3, 0.4) is 0 Å². The molecule has 110 valence electrons. The van der Waals surface area contributed by atoms with Crippen LogP contribution in [-0.4, -0.2) is 18.5 Å². The van der Waals surface area contributed by atoms with E-state index in [0.717, 1.165) is 4.88 Å². The van der Waals surface area contributed by atoms with Gasteiger partial charge in [0.1, 0.15) is 5.00 Å². The van der Waals surface area contributed by atoms with Crippen molar-refractivity contribution in [2.75, 3.05) is 11.9 Å². The van der Waals surface area contributed by atoms with Gasteiger partial charge < -0.3 is 10.1 Å². The molecule has 0 saturated heterocycles. The van der Waals surface area contributed by atoms with Gasteiger partial charge in [-0.1, -0.05) is 19.9 Å². The number of hydrogen-bond acceptors (Lipinski definition) is 4. The van der Waals surface area contributed by atoms with Gasteiger partial charge in [0, 0.05) is 10.5 Å². The minimum absolute atomic E-state index is 0.199. The number of hydrogen-bond donors (Lipinski definition) is 1. The number of allylic oxidation sites excluding steroid dienone is 1. The summed E-state index contributed by atoms with van der Waals surface area (Å²) in [5, 5.41) is 3.34. The molecule has 0 radical (unpaired) electrons. The highest BCUT2D eigenvalue weighted by Gasteiger charge is 2.20. The van der Waals surface area contributed by atoms with E-state index in [2.05, 4.69) is 5.32 Å². The fraction of sp³-hybridized carbons (Fsp3) is 0.467. The van der Waals surface area contributed by atoms with Gasteiger partial charge in [-0.15, -0.1) is 11.3 Å². The fourth-order valence-electron chi connectivity index (χ4n) is 1.48. The molecule has 5 heteroatoms. The summed E-state index contributed by atoms with van der Waals surface area (Å²) < 4.78 is 5.03. The molecule has 4 nitrogen and oxygen atoms in total. The lowest BCUT2D eigenvalue weighted by molar-refractivity contribution is -0.112. The summed E-state index contributed by atoms with van der Waals surface area (Å²) in [6.45, 7) is 9.70. The summed E-state index contributed by atoms with van der Waals surface area (Å²) >= 11 is 1.42. The number of thiophene rings is 1. The molecule has 0 unspecified atom stereocenters. The first-order valence-corrected chi connectivity index (χ1v) is 7.47. The van der Waals surface area contributed by atoms with E-state index in [-0.39, 0.29) is 5.91 Å². The highest BCUT2D eigenvalue weighted by molar-refractivity contribution is 7.16. The Hall–Kier alpha value is -1.62. The second-order valence-electron chi connectivity index (χ2n) is 4.69. The molecule has 1 amide bonds. The number of ether oxygens (including phenoxy) is 1. The molecule has 0 bridgehead atoms. The van der Waals surface area contributed by atoms with Crippen LogP contribution in [0.4, 0.5) is 5.00 Å². The summed E-state index contributed by atoms with van der Waals surface area (Å²) in [6, 6.07) is 1.80. The monoisotopic (exact) mass is 295 g/mol. The number of carbonyl (C=O) groups is 2. The molecule has 1 heterocycles. The van der Waals surface area contributed by atoms with Crippen molar-refractivity contribution in [3.63, 3.8) is 0 Å². The van der Waals surface area contributed by atoms with Crippen LogP contribution in [0.25, 0.3) is 0 Å². The lowest BCUT2D eigenvalue weighted by Crippen LogP contribution is -2.14. The van der Waals surface area contributed by atoms with Crippen molar-refractivity contribution < 1.29 is 14.3 Å². The number of esters is 1. The fourth-order valence-corrected chi connectivity index (χ4v) is 2.52. The van der Waals surface area contributed by atoms with E-state index in [1.54, 1.807) is 32.9 Å². The van der Waals surface area contributed by atoms with E-state index >= 15 is 0 Å². The first-order chi connectivity index (χ1) is 9.40. The van der Waals surface area contributed by atoms with Gasteiger partial charge in [0.2, 0.25) is 0 Å². The van der Waals surface area contributed by atoms with E-state index in [9.17, 15) is 9.59 Å². The normalized spacial score (nSPS) is 11.6. The number of anilines is 1. The van der Waals surface area contributed by atoms with Gasteiger partial charge in [-0.2, -0.15) is 0 Å². The second kappa shape index (κ2) is 7.24. The van der Waals surface area contributed by atoms with Crippen LogP contribution < -0.4 is 5.32 Å². The van der Waals surface area contributed by atoms with Crippen molar-refractivity contribution in [1.82, 2.24) is 0 Å². The molecule has 0 spiro atoms. The van der Waals surface area contributed by atoms with E-state index in [1.165, 1.54) is 11.3 Å². The van der Waals surface area contributed by atoms with Crippen molar-refractivity contribution in [2.24, 2.45) is 0 Å².